The molecule has 0 bridgehead atoms. The molecule has 1 amide bonds. The lowest BCUT2D eigenvalue weighted by molar-refractivity contribution is -0.117. The molecule has 94 valence electrons. The standard InChI is InChI=1S/C14H21NOS/c1-4-5-11-15(14(16)12(2)17-3)13-9-7-6-8-10-13/h6-10,12H,4-5,11H2,1-3H3. The highest BCUT2D eigenvalue weighted by Gasteiger charge is 2.20. The minimum absolute atomic E-state index is 0.0204. The Morgan fingerprint density at radius 2 is 2.00 bits per heavy atom. The summed E-state index contributed by atoms with van der Waals surface area (Å²) in [5.74, 6) is 0.206. The molecule has 0 aliphatic carbocycles. The Labute approximate surface area is 108 Å². The predicted octanol–water partition coefficient (Wildman–Crippen LogP) is 3.57. The number of benzene rings is 1. The van der Waals surface area contributed by atoms with Crippen molar-refractivity contribution in [3.05, 3.63) is 30.3 Å². The van der Waals surface area contributed by atoms with Crippen molar-refractivity contribution in [2.24, 2.45) is 0 Å². The zero-order valence-corrected chi connectivity index (χ0v) is 11.7. The van der Waals surface area contributed by atoms with Crippen LogP contribution in [0.1, 0.15) is 26.7 Å². The number of amides is 1. The summed E-state index contributed by atoms with van der Waals surface area (Å²) in [7, 11) is 0. The molecule has 1 aromatic rings. The van der Waals surface area contributed by atoms with Gasteiger partial charge in [0.05, 0.1) is 5.25 Å². The molecular weight excluding hydrogens is 230 g/mol. The zero-order valence-electron chi connectivity index (χ0n) is 10.8. The van der Waals surface area contributed by atoms with E-state index in [2.05, 4.69) is 6.92 Å². The van der Waals surface area contributed by atoms with Gasteiger partial charge in [0, 0.05) is 12.2 Å². The van der Waals surface area contributed by atoms with Crippen molar-refractivity contribution in [2.45, 2.75) is 31.9 Å². The summed E-state index contributed by atoms with van der Waals surface area (Å²) in [6, 6.07) is 9.93. The van der Waals surface area contributed by atoms with Crippen LogP contribution in [0.25, 0.3) is 0 Å². The van der Waals surface area contributed by atoms with E-state index in [1.54, 1.807) is 11.8 Å². The molecular formula is C14H21NOS. The van der Waals surface area contributed by atoms with Crippen LogP contribution in [-0.4, -0.2) is 24.0 Å². The Balaban J connectivity index is 2.84. The molecule has 1 unspecified atom stereocenters. The molecule has 0 saturated heterocycles. The molecule has 0 saturated carbocycles. The van der Waals surface area contributed by atoms with Crippen LogP contribution >= 0.6 is 11.8 Å². The van der Waals surface area contributed by atoms with Gasteiger partial charge in [-0.2, -0.15) is 11.8 Å². The number of anilines is 1. The summed E-state index contributed by atoms with van der Waals surface area (Å²) in [6.45, 7) is 4.92. The number of rotatable bonds is 6. The Morgan fingerprint density at radius 1 is 1.35 bits per heavy atom. The number of carbonyl (C=O) groups excluding carboxylic acids is 1. The normalized spacial score (nSPS) is 12.2. The van der Waals surface area contributed by atoms with Gasteiger partial charge in [0.25, 0.3) is 0 Å². The maximum Gasteiger partial charge on any atom is 0.239 e. The number of nitrogens with zero attached hydrogens (tertiary/aromatic N) is 1. The Kier molecular flexibility index (Phi) is 6.12. The summed E-state index contributed by atoms with van der Waals surface area (Å²) in [5.41, 5.74) is 1.01. The highest BCUT2D eigenvalue weighted by atomic mass is 32.2. The lowest BCUT2D eigenvalue weighted by Gasteiger charge is -2.25. The molecule has 0 fully saturated rings. The van der Waals surface area contributed by atoms with E-state index in [0.717, 1.165) is 25.1 Å². The number of thioether (sulfide) groups is 1. The van der Waals surface area contributed by atoms with Crippen molar-refractivity contribution in [1.82, 2.24) is 0 Å². The molecule has 17 heavy (non-hydrogen) atoms. The minimum Gasteiger partial charge on any atom is -0.311 e. The Bertz CT molecular complexity index is 339. The molecule has 0 radical (unpaired) electrons. The SMILES string of the molecule is CCCCN(C(=O)C(C)SC)c1ccccc1. The van der Waals surface area contributed by atoms with Gasteiger partial charge in [-0.1, -0.05) is 31.5 Å². The molecule has 0 aliphatic rings. The van der Waals surface area contributed by atoms with Crippen LogP contribution in [-0.2, 0) is 4.79 Å². The van der Waals surface area contributed by atoms with Crippen molar-refractivity contribution >= 4 is 23.4 Å². The molecule has 1 rings (SSSR count). The van der Waals surface area contributed by atoms with Crippen LogP contribution in [0, 0.1) is 0 Å². The monoisotopic (exact) mass is 251 g/mol. The third kappa shape index (κ3) is 4.08. The first-order valence-corrected chi connectivity index (χ1v) is 7.38. The first-order valence-electron chi connectivity index (χ1n) is 6.10. The number of carbonyl (C=O) groups is 1. The lowest BCUT2D eigenvalue weighted by atomic mass is 10.2. The van der Waals surface area contributed by atoms with Crippen molar-refractivity contribution < 1.29 is 4.79 Å². The van der Waals surface area contributed by atoms with E-state index in [1.165, 1.54) is 0 Å². The maximum absolute atomic E-state index is 12.3. The number of hydrogen-bond donors (Lipinski definition) is 0. The summed E-state index contributed by atoms with van der Waals surface area (Å²) in [4.78, 5) is 14.2. The van der Waals surface area contributed by atoms with Gasteiger partial charge in [0.1, 0.15) is 0 Å². The summed E-state index contributed by atoms with van der Waals surface area (Å²) < 4.78 is 0. The molecule has 0 aliphatic heterocycles. The van der Waals surface area contributed by atoms with Crippen LogP contribution in [0.5, 0.6) is 0 Å². The topological polar surface area (TPSA) is 20.3 Å². The van der Waals surface area contributed by atoms with E-state index in [0.29, 0.717) is 0 Å². The lowest BCUT2D eigenvalue weighted by Crippen LogP contribution is -2.37. The van der Waals surface area contributed by atoms with Gasteiger partial charge in [-0.05, 0) is 31.7 Å². The van der Waals surface area contributed by atoms with Gasteiger partial charge in [0.2, 0.25) is 5.91 Å². The fourth-order valence-electron chi connectivity index (χ4n) is 1.61. The largest absolute Gasteiger partial charge is 0.311 e. The van der Waals surface area contributed by atoms with Crippen LogP contribution in [0.4, 0.5) is 5.69 Å². The maximum atomic E-state index is 12.3. The van der Waals surface area contributed by atoms with Gasteiger partial charge >= 0.3 is 0 Å². The Morgan fingerprint density at radius 3 is 2.53 bits per heavy atom. The van der Waals surface area contributed by atoms with E-state index in [1.807, 2.05) is 48.4 Å². The van der Waals surface area contributed by atoms with Crippen LogP contribution in [0.3, 0.4) is 0 Å². The van der Waals surface area contributed by atoms with Gasteiger partial charge in [-0.25, -0.2) is 0 Å². The molecule has 1 aromatic carbocycles. The van der Waals surface area contributed by atoms with Gasteiger partial charge in [-0.15, -0.1) is 0 Å². The molecule has 0 N–H and O–H groups in total. The van der Waals surface area contributed by atoms with Gasteiger partial charge in [0.15, 0.2) is 0 Å². The van der Waals surface area contributed by atoms with Crippen LogP contribution < -0.4 is 4.90 Å². The summed E-state index contributed by atoms with van der Waals surface area (Å²) in [6.07, 6.45) is 4.12. The first kappa shape index (κ1) is 14.1. The van der Waals surface area contributed by atoms with E-state index in [-0.39, 0.29) is 11.2 Å². The highest BCUT2D eigenvalue weighted by molar-refractivity contribution is 7.99. The minimum atomic E-state index is 0.0204. The fourth-order valence-corrected chi connectivity index (χ4v) is 1.94. The van der Waals surface area contributed by atoms with Crippen LogP contribution in [0.2, 0.25) is 0 Å². The predicted molar refractivity (Wildman–Crippen MR) is 76.7 cm³/mol. The molecule has 0 aromatic heterocycles. The second-order valence-corrected chi connectivity index (χ2v) is 5.24. The van der Waals surface area contributed by atoms with E-state index < -0.39 is 0 Å². The number of para-hydroxylation sites is 1. The van der Waals surface area contributed by atoms with E-state index in [9.17, 15) is 4.79 Å². The van der Waals surface area contributed by atoms with Crippen molar-refractivity contribution in [1.29, 1.82) is 0 Å². The number of hydrogen-bond acceptors (Lipinski definition) is 2. The summed E-state index contributed by atoms with van der Waals surface area (Å²) >= 11 is 1.60. The van der Waals surface area contributed by atoms with Crippen molar-refractivity contribution in [2.75, 3.05) is 17.7 Å². The number of unbranched alkanes of at least 4 members (excludes halogenated alkanes) is 1. The molecule has 2 nitrogen and oxygen atoms in total. The quantitative estimate of drug-likeness (QED) is 0.770. The van der Waals surface area contributed by atoms with Crippen molar-refractivity contribution in [3.63, 3.8) is 0 Å². The molecule has 3 heteroatoms. The fraction of sp³-hybridized carbons (Fsp3) is 0.500. The molecule has 0 heterocycles. The molecule has 0 spiro atoms. The second kappa shape index (κ2) is 7.38. The molecule has 1 atom stereocenters. The van der Waals surface area contributed by atoms with Gasteiger partial charge < -0.3 is 4.90 Å². The van der Waals surface area contributed by atoms with Gasteiger partial charge in [-0.3, -0.25) is 4.79 Å². The van der Waals surface area contributed by atoms with E-state index >= 15 is 0 Å². The van der Waals surface area contributed by atoms with Crippen molar-refractivity contribution in [3.8, 4) is 0 Å². The zero-order chi connectivity index (χ0) is 12.7. The third-order valence-electron chi connectivity index (χ3n) is 2.77. The Hall–Kier alpha value is -0.960. The second-order valence-electron chi connectivity index (χ2n) is 4.06. The first-order chi connectivity index (χ1) is 8.20. The van der Waals surface area contributed by atoms with Crippen LogP contribution in [0.15, 0.2) is 30.3 Å². The smallest absolute Gasteiger partial charge is 0.239 e. The summed E-state index contributed by atoms with van der Waals surface area (Å²) in [5, 5.41) is 0.0204. The van der Waals surface area contributed by atoms with E-state index in [4.69, 9.17) is 0 Å². The average Bonchev–Trinajstić information content (AvgIpc) is 2.39. The average molecular weight is 251 g/mol. The highest BCUT2D eigenvalue weighted by Crippen LogP contribution is 2.18. The third-order valence-corrected chi connectivity index (χ3v) is 3.68.